The van der Waals surface area contributed by atoms with E-state index >= 15 is 0 Å². The van der Waals surface area contributed by atoms with Crippen molar-refractivity contribution in [2.24, 2.45) is 11.3 Å². The van der Waals surface area contributed by atoms with Gasteiger partial charge in [-0.2, -0.15) is 0 Å². The van der Waals surface area contributed by atoms with Gasteiger partial charge < -0.3 is 0 Å². The molecule has 1 aromatic heterocycles. The number of rotatable bonds is 6. The molecular weight excluding hydrogens is 386 g/mol. The van der Waals surface area contributed by atoms with Gasteiger partial charge in [0.15, 0.2) is 0 Å². The molecule has 0 N–H and O–H groups in total. The molecular formula is C15H25Br2NS. The largest absolute Gasteiger partial charge is 0.246 e. The Balaban J connectivity index is 2.88. The molecule has 1 nitrogen and oxygen atoms in total. The lowest BCUT2D eigenvalue weighted by atomic mass is 9.81. The topological polar surface area (TPSA) is 12.9 Å². The predicted molar refractivity (Wildman–Crippen MR) is 94.0 cm³/mol. The maximum absolute atomic E-state index is 4.85. The van der Waals surface area contributed by atoms with E-state index in [0.29, 0.717) is 5.92 Å². The van der Waals surface area contributed by atoms with Crippen molar-refractivity contribution in [1.82, 2.24) is 4.98 Å². The summed E-state index contributed by atoms with van der Waals surface area (Å²) in [7, 11) is 0. The molecule has 1 heterocycles. The van der Waals surface area contributed by atoms with Crippen LogP contribution in [-0.4, -0.2) is 15.6 Å². The van der Waals surface area contributed by atoms with Gasteiger partial charge in [-0.1, -0.05) is 66.5 Å². The van der Waals surface area contributed by atoms with E-state index < -0.39 is 0 Å². The van der Waals surface area contributed by atoms with Gasteiger partial charge in [0.25, 0.3) is 0 Å². The van der Waals surface area contributed by atoms with Crippen LogP contribution in [0.4, 0.5) is 0 Å². The number of hydrogen-bond donors (Lipinski definition) is 0. The fourth-order valence-corrected chi connectivity index (χ4v) is 5.21. The summed E-state index contributed by atoms with van der Waals surface area (Å²) in [5, 5.41) is 5.53. The quantitative estimate of drug-likeness (QED) is 0.539. The molecule has 0 spiro atoms. The number of thiazole rings is 1. The van der Waals surface area contributed by atoms with Crippen molar-refractivity contribution < 1.29 is 0 Å². The second kappa shape index (κ2) is 7.04. The van der Waals surface area contributed by atoms with Crippen LogP contribution in [0.1, 0.15) is 51.7 Å². The van der Waals surface area contributed by atoms with E-state index in [0.717, 1.165) is 17.1 Å². The van der Waals surface area contributed by atoms with Crippen LogP contribution in [0.3, 0.4) is 0 Å². The van der Waals surface area contributed by atoms with E-state index in [2.05, 4.69) is 71.9 Å². The summed E-state index contributed by atoms with van der Waals surface area (Å²) in [4.78, 5) is 4.85. The second-order valence-corrected chi connectivity index (χ2v) is 8.98. The third-order valence-corrected chi connectivity index (χ3v) is 6.48. The first-order valence-corrected chi connectivity index (χ1v) is 9.91. The van der Waals surface area contributed by atoms with Crippen LogP contribution in [0, 0.1) is 11.3 Å². The number of aromatic nitrogens is 1. The Kier molecular flexibility index (Phi) is 6.53. The lowest BCUT2D eigenvalue weighted by Gasteiger charge is -2.31. The Hall–Kier alpha value is 0.590. The average molecular weight is 411 g/mol. The molecule has 0 unspecified atom stereocenters. The van der Waals surface area contributed by atoms with Crippen molar-refractivity contribution in [2.45, 2.75) is 52.9 Å². The maximum atomic E-state index is 4.85. The molecule has 0 atom stereocenters. The minimum absolute atomic E-state index is 0.151. The summed E-state index contributed by atoms with van der Waals surface area (Å²) >= 11 is 9.23. The highest BCUT2D eigenvalue weighted by Crippen LogP contribution is 2.36. The van der Waals surface area contributed by atoms with E-state index in [1.54, 1.807) is 0 Å². The van der Waals surface area contributed by atoms with Crippen LogP contribution < -0.4 is 0 Å². The highest BCUT2D eigenvalue weighted by Gasteiger charge is 2.31. The molecule has 0 saturated carbocycles. The first-order valence-electron chi connectivity index (χ1n) is 6.79. The van der Waals surface area contributed by atoms with Crippen LogP contribution in [0.25, 0.3) is 0 Å². The number of nitrogens with zero attached hydrogens (tertiary/aromatic N) is 1. The summed E-state index contributed by atoms with van der Waals surface area (Å²) in [6, 6.07) is 0. The predicted octanol–water partition coefficient (Wildman–Crippen LogP) is 5.81. The molecule has 0 aliphatic rings. The maximum Gasteiger partial charge on any atom is 0.0934 e. The lowest BCUT2D eigenvalue weighted by Crippen LogP contribution is -2.29. The standard InChI is InChI=1S/C15H25Br2NS/c1-11(2)6-15(9-16,10-17)7-13-18-12(8-19-13)14(3,4)5/h8,11H,6-7,9-10H2,1-5H3. The summed E-state index contributed by atoms with van der Waals surface area (Å²) in [6.07, 6.45) is 2.27. The van der Waals surface area contributed by atoms with Gasteiger partial charge in [0.05, 0.1) is 10.7 Å². The Morgan fingerprint density at radius 3 is 2.16 bits per heavy atom. The zero-order chi connectivity index (χ0) is 14.7. The van der Waals surface area contributed by atoms with Crippen molar-refractivity contribution in [2.75, 3.05) is 10.7 Å². The Labute approximate surface area is 138 Å². The molecule has 1 rings (SSSR count). The van der Waals surface area contributed by atoms with Gasteiger partial charge in [-0.05, 0) is 17.8 Å². The van der Waals surface area contributed by atoms with E-state index in [4.69, 9.17) is 4.98 Å². The van der Waals surface area contributed by atoms with Gasteiger partial charge in [-0.15, -0.1) is 11.3 Å². The molecule has 1 aromatic rings. The van der Waals surface area contributed by atoms with Crippen molar-refractivity contribution in [3.63, 3.8) is 0 Å². The van der Waals surface area contributed by atoms with Crippen molar-refractivity contribution >= 4 is 43.2 Å². The highest BCUT2D eigenvalue weighted by molar-refractivity contribution is 9.09. The monoisotopic (exact) mass is 409 g/mol. The zero-order valence-corrected chi connectivity index (χ0v) is 16.6. The number of halogens is 2. The molecule has 0 aliphatic carbocycles. The first kappa shape index (κ1) is 17.6. The second-order valence-electron chi connectivity index (χ2n) is 6.92. The number of hydrogen-bond acceptors (Lipinski definition) is 2. The molecule has 110 valence electrons. The van der Waals surface area contributed by atoms with E-state index in [-0.39, 0.29) is 10.8 Å². The summed E-state index contributed by atoms with van der Waals surface area (Å²) in [6.45, 7) is 11.3. The van der Waals surface area contributed by atoms with Crippen molar-refractivity contribution in [1.29, 1.82) is 0 Å². The minimum Gasteiger partial charge on any atom is -0.246 e. The molecule has 0 amide bonds. The molecule has 0 saturated heterocycles. The molecule has 0 radical (unpaired) electrons. The highest BCUT2D eigenvalue weighted by atomic mass is 79.9. The van der Waals surface area contributed by atoms with Crippen LogP contribution in [0.5, 0.6) is 0 Å². The molecule has 0 bridgehead atoms. The van der Waals surface area contributed by atoms with Crippen LogP contribution in [0.15, 0.2) is 5.38 Å². The van der Waals surface area contributed by atoms with E-state index in [1.807, 2.05) is 11.3 Å². The SMILES string of the molecule is CC(C)CC(CBr)(CBr)Cc1nc(C(C)(C)C)cs1. The molecule has 0 aromatic carbocycles. The van der Waals surface area contributed by atoms with Gasteiger partial charge >= 0.3 is 0 Å². The van der Waals surface area contributed by atoms with Gasteiger partial charge in [0.1, 0.15) is 0 Å². The minimum atomic E-state index is 0.151. The smallest absolute Gasteiger partial charge is 0.0934 e. The molecule has 4 heteroatoms. The normalized spacial score (nSPS) is 13.3. The van der Waals surface area contributed by atoms with E-state index in [1.165, 1.54) is 17.1 Å². The number of alkyl halides is 2. The zero-order valence-electron chi connectivity index (χ0n) is 12.6. The third kappa shape index (κ3) is 5.13. The van der Waals surface area contributed by atoms with Gasteiger partial charge in [0.2, 0.25) is 0 Å². The first-order chi connectivity index (χ1) is 8.72. The summed E-state index contributed by atoms with van der Waals surface area (Å²) in [5.74, 6) is 0.706. The molecule has 0 fully saturated rings. The Morgan fingerprint density at radius 2 is 1.79 bits per heavy atom. The van der Waals surface area contributed by atoms with Crippen molar-refractivity contribution in [3.05, 3.63) is 16.1 Å². The van der Waals surface area contributed by atoms with Crippen molar-refractivity contribution in [3.8, 4) is 0 Å². The summed E-state index contributed by atoms with van der Waals surface area (Å²) < 4.78 is 0. The fraction of sp³-hybridized carbons (Fsp3) is 0.800. The summed E-state index contributed by atoms with van der Waals surface area (Å²) in [5.41, 5.74) is 1.65. The van der Waals surface area contributed by atoms with E-state index in [9.17, 15) is 0 Å². The Morgan fingerprint density at radius 1 is 1.21 bits per heavy atom. The van der Waals surface area contributed by atoms with Gasteiger partial charge in [-0.25, -0.2) is 4.98 Å². The molecule has 0 aliphatic heterocycles. The lowest BCUT2D eigenvalue weighted by molar-refractivity contribution is 0.303. The Bertz CT molecular complexity index is 389. The fourth-order valence-electron chi connectivity index (χ4n) is 2.23. The van der Waals surface area contributed by atoms with Crippen LogP contribution >= 0.6 is 43.2 Å². The molecule has 19 heavy (non-hydrogen) atoms. The van der Waals surface area contributed by atoms with Gasteiger partial charge in [-0.3, -0.25) is 0 Å². The third-order valence-electron chi connectivity index (χ3n) is 3.25. The van der Waals surface area contributed by atoms with Crippen LogP contribution in [0.2, 0.25) is 0 Å². The van der Waals surface area contributed by atoms with Crippen LogP contribution in [-0.2, 0) is 11.8 Å². The van der Waals surface area contributed by atoms with Gasteiger partial charge in [0, 0.05) is 27.9 Å². The average Bonchev–Trinajstić information content (AvgIpc) is 2.75.